The van der Waals surface area contributed by atoms with Crippen LogP contribution in [0.25, 0.3) is 0 Å². The largest absolute Gasteiger partial charge is 0.379 e. The van der Waals surface area contributed by atoms with Crippen LogP contribution in [0, 0.1) is 5.82 Å². The van der Waals surface area contributed by atoms with Crippen molar-refractivity contribution in [2.24, 2.45) is 0 Å². The van der Waals surface area contributed by atoms with Crippen LogP contribution in [-0.4, -0.2) is 36.7 Å². The van der Waals surface area contributed by atoms with Crippen molar-refractivity contribution in [3.05, 3.63) is 35.1 Å². The van der Waals surface area contributed by atoms with Crippen LogP contribution in [0.1, 0.15) is 30.9 Å². The third kappa shape index (κ3) is 3.57. The van der Waals surface area contributed by atoms with Gasteiger partial charge < -0.3 is 10.1 Å². The van der Waals surface area contributed by atoms with Crippen molar-refractivity contribution in [2.75, 3.05) is 19.8 Å². The van der Waals surface area contributed by atoms with Gasteiger partial charge in [0.2, 0.25) is 0 Å². The molecule has 0 bridgehead atoms. The van der Waals surface area contributed by atoms with Gasteiger partial charge >= 0.3 is 0 Å². The van der Waals surface area contributed by atoms with Crippen molar-refractivity contribution in [2.45, 2.75) is 44.9 Å². The van der Waals surface area contributed by atoms with Crippen molar-refractivity contribution in [1.82, 2.24) is 10.2 Å². The lowest BCUT2D eigenvalue weighted by atomic mass is 10.1. The highest BCUT2D eigenvalue weighted by atomic mass is 19.1. The molecule has 1 aliphatic heterocycles. The van der Waals surface area contributed by atoms with Crippen LogP contribution in [0.5, 0.6) is 0 Å². The summed E-state index contributed by atoms with van der Waals surface area (Å²) in [5.41, 5.74) is 1.98. The second-order valence-corrected chi connectivity index (χ2v) is 5.98. The normalized spacial score (nSPS) is 24.0. The van der Waals surface area contributed by atoms with Crippen LogP contribution in [0.4, 0.5) is 4.39 Å². The van der Waals surface area contributed by atoms with E-state index in [4.69, 9.17) is 4.74 Å². The van der Waals surface area contributed by atoms with Gasteiger partial charge in [0.1, 0.15) is 5.82 Å². The van der Waals surface area contributed by atoms with Crippen LogP contribution in [0.2, 0.25) is 0 Å². The minimum absolute atomic E-state index is 0.0983. The van der Waals surface area contributed by atoms with Gasteiger partial charge in [-0.15, -0.1) is 0 Å². The molecule has 110 valence electrons. The highest BCUT2D eigenvalue weighted by Crippen LogP contribution is 2.20. The monoisotopic (exact) mass is 278 g/mol. The van der Waals surface area contributed by atoms with Gasteiger partial charge in [-0.2, -0.15) is 0 Å². The van der Waals surface area contributed by atoms with Crippen molar-refractivity contribution in [3.63, 3.8) is 0 Å². The molecule has 0 amide bonds. The molecule has 0 radical (unpaired) electrons. The highest BCUT2D eigenvalue weighted by molar-refractivity contribution is 5.25. The Kier molecular flexibility index (Phi) is 4.34. The third-order valence-electron chi connectivity index (χ3n) is 4.16. The first-order valence-electron chi connectivity index (χ1n) is 7.55. The molecule has 1 atom stereocenters. The Hall–Kier alpha value is -0.970. The van der Waals surface area contributed by atoms with E-state index in [-0.39, 0.29) is 5.82 Å². The molecule has 1 aliphatic carbocycles. The molecule has 1 saturated heterocycles. The zero-order valence-corrected chi connectivity index (χ0v) is 12.1. The van der Waals surface area contributed by atoms with Gasteiger partial charge in [-0.3, -0.25) is 4.90 Å². The first-order chi connectivity index (χ1) is 9.72. The van der Waals surface area contributed by atoms with E-state index in [0.717, 1.165) is 31.9 Å². The molecule has 0 aromatic heterocycles. The van der Waals surface area contributed by atoms with Gasteiger partial charge in [-0.1, -0.05) is 12.1 Å². The van der Waals surface area contributed by atoms with Gasteiger partial charge in [-0.25, -0.2) is 4.39 Å². The Morgan fingerprint density at radius 3 is 3.00 bits per heavy atom. The Balaban J connectivity index is 1.65. The summed E-state index contributed by atoms with van der Waals surface area (Å²) in [6.07, 6.45) is 2.55. The molecular weight excluding hydrogens is 255 g/mol. The van der Waals surface area contributed by atoms with Crippen molar-refractivity contribution in [1.29, 1.82) is 0 Å². The number of halogens is 1. The Bertz CT molecular complexity index is 462. The Morgan fingerprint density at radius 2 is 2.25 bits per heavy atom. The van der Waals surface area contributed by atoms with Crippen molar-refractivity contribution >= 4 is 0 Å². The third-order valence-corrected chi connectivity index (χ3v) is 4.16. The van der Waals surface area contributed by atoms with E-state index >= 15 is 0 Å². The average Bonchev–Trinajstić information content (AvgIpc) is 3.26. The molecular formula is C16H23FN2O. The van der Waals surface area contributed by atoms with E-state index in [1.54, 1.807) is 6.07 Å². The van der Waals surface area contributed by atoms with Crippen molar-refractivity contribution in [3.8, 4) is 0 Å². The number of benzene rings is 1. The lowest BCUT2D eigenvalue weighted by Gasteiger charge is -2.33. The summed E-state index contributed by atoms with van der Waals surface area (Å²) in [6, 6.07) is 6.54. The van der Waals surface area contributed by atoms with Crippen LogP contribution in [0.3, 0.4) is 0 Å². The van der Waals surface area contributed by atoms with E-state index in [1.165, 1.54) is 18.4 Å². The zero-order chi connectivity index (χ0) is 13.9. The Morgan fingerprint density at radius 1 is 1.40 bits per heavy atom. The first-order valence-corrected chi connectivity index (χ1v) is 7.55. The predicted octanol–water partition coefficient (Wildman–Crippen LogP) is 2.30. The summed E-state index contributed by atoms with van der Waals surface area (Å²) >= 11 is 0. The van der Waals surface area contributed by atoms with Crippen LogP contribution >= 0.6 is 0 Å². The summed E-state index contributed by atoms with van der Waals surface area (Å²) < 4.78 is 19.4. The van der Waals surface area contributed by atoms with Gasteiger partial charge in [0, 0.05) is 37.3 Å². The number of hydrogen-bond acceptors (Lipinski definition) is 3. The number of rotatable bonds is 5. The molecule has 1 saturated carbocycles. The summed E-state index contributed by atoms with van der Waals surface area (Å²) in [5, 5.41) is 3.48. The minimum Gasteiger partial charge on any atom is -0.379 e. The quantitative estimate of drug-likeness (QED) is 0.894. The molecule has 1 aromatic carbocycles. The standard InChI is InChI=1S/C16H23FN2O/c1-12-11-20-7-6-19(12)10-14-8-13(2-5-16(14)17)9-18-15-3-4-15/h2,5,8,12,15,18H,3-4,6-7,9-11H2,1H3. The molecule has 1 aromatic rings. The molecule has 1 unspecified atom stereocenters. The molecule has 2 fully saturated rings. The lowest BCUT2D eigenvalue weighted by Crippen LogP contribution is -2.43. The topological polar surface area (TPSA) is 24.5 Å². The smallest absolute Gasteiger partial charge is 0.127 e. The molecule has 0 spiro atoms. The molecule has 4 heteroatoms. The number of nitrogens with zero attached hydrogens (tertiary/aromatic N) is 1. The highest BCUT2D eigenvalue weighted by Gasteiger charge is 2.21. The van der Waals surface area contributed by atoms with Crippen LogP contribution < -0.4 is 5.32 Å². The van der Waals surface area contributed by atoms with E-state index in [0.29, 0.717) is 18.6 Å². The van der Waals surface area contributed by atoms with Gasteiger partial charge in [0.05, 0.1) is 13.2 Å². The molecule has 1 heterocycles. The lowest BCUT2D eigenvalue weighted by molar-refractivity contribution is -0.00481. The SMILES string of the molecule is CC1COCCN1Cc1cc(CNC2CC2)ccc1F. The maximum atomic E-state index is 14.0. The van der Waals surface area contributed by atoms with E-state index < -0.39 is 0 Å². The fraction of sp³-hybridized carbons (Fsp3) is 0.625. The maximum Gasteiger partial charge on any atom is 0.127 e. The molecule has 20 heavy (non-hydrogen) atoms. The minimum atomic E-state index is -0.0983. The average molecular weight is 278 g/mol. The summed E-state index contributed by atoms with van der Waals surface area (Å²) in [5.74, 6) is -0.0983. The maximum absolute atomic E-state index is 14.0. The predicted molar refractivity (Wildman–Crippen MR) is 77.0 cm³/mol. The second kappa shape index (κ2) is 6.20. The van der Waals surface area contributed by atoms with E-state index in [9.17, 15) is 4.39 Å². The second-order valence-electron chi connectivity index (χ2n) is 5.98. The molecule has 1 N–H and O–H groups in total. The van der Waals surface area contributed by atoms with Crippen molar-refractivity contribution < 1.29 is 9.13 Å². The molecule has 3 rings (SSSR count). The van der Waals surface area contributed by atoms with E-state index in [1.807, 2.05) is 12.1 Å². The fourth-order valence-corrected chi connectivity index (χ4v) is 2.62. The number of hydrogen-bond donors (Lipinski definition) is 1. The van der Waals surface area contributed by atoms with Gasteiger partial charge in [-0.05, 0) is 31.4 Å². The number of morpholine rings is 1. The summed E-state index contributed by atoms with van der Waals surface area (Å²) in [6.45, 7) is 6.02. The molecule has 2 aliphatic rings. The fourth-order valence-electron chi connectivity index (χ4n) is 2.62. The number of ether oxygens (including phenoxy) is 1. The van der Waals surface area contributed by atoms with Gasteiger partial charge in [0.25, 0.3) is 0 Å². The van der Waals surface area contributed by atoms with Crippen LogP contribution in [-0.2, 0) is 17.8 Å². The van der Waals surface area contributed by atoms with E-state index in [2.05, 4.69) is 17.1 Å². The van der Waals surface area contributed by atoms with Crippen LogP contribution in [0.15, 0.2) is 18.2 Å². The zero-order valence-electron chi connectivity index (χ0n) is 12.1. The Labute approximate surface area is 120 Å². The number of nitrogens with one attached hydrogen (secondary N) is 1. The molecule has 3 nitrogen and oxygen atoms in total. The first kappa shape index (κ1) is 14.0. The van der Waals surface area contributed by atoms with Gasteiger partial charge in [0.15, 0.2) is 0 Å². The summed E-state index contributed by atoms with van der Waals surface area (Å²) in [4.78, 5) is 2.29. The summed E-state index contributed by atoms with van der Waals surface area (Å²) in [7, 11) is 0.